The SMILES string of the molecule is CC1=NN(c2ccccc2)C(=O)C1=Cc1cn(CC(O)CN2CCc3ccccc32)c2ccccc12. The van der Waals surface area contributed by atoms with Crippen LogP contribution in [0.1, 0.15) is 18.1 Å². The highest BCUT2D eigenvalue weighted by Gasteiger charge is 2.29. The lowest BCUT2D eigenvalue weighted by Crippen LogP contribution is -2.33. The lowest BCUT2D eigenvalue weighted by Gasteiger charge is -2.23. The number of hydrazone groups is 1. The number of carbonyl (C=O) groups excluding carboxylic acids is 1. The fourth-order valence-electron chi connectivity index (χ4n) is 5.26. The second kappa shape index (κ2) is 9.13. The quantitative estimate of drug-likeness (QED) is 0.404. The third-order valence-corrected chi connectivity index (χ3v) is 7.00. The molecule has 1 aromatic heterocycles. The Balaban J connectivity index is 1.27. The topological polar surface area (TPSA) is 61.1 Å². The van der Waals surface area contributed by atoms with Crippen LogP contribution < -0.4 is 9.91 Å². The van der Waals surface area contributed by atoms with Gasteiger partial charge in [0.2, 0.25) is 0 Å². The summed E-state index contributed by atoms with van der Waals surface area (Å²) in [5, 5.41) is 18.0. The zero-order valence-electron chi connectivity index (χ0n) is 20.2. The maximum atomic E-state index is 13.2. The van der Waals surface area contributed by atoms with Gasteiger partial charge in [-0.15, -0.1) is 0 Å². The first kappa shape index (κ1) is 22.3. The van der Waals surface area contributed by atoms with Gasteiger partial charge in [-0.3, -0.25) is 4.79 Å². The number of amides is 1. The monoisotopic (exact) mass is 476 g/mol. The van der Waals surface area contributed by atoms with Gasteiger partial charge in [0.15, 0.2) is 0 Å². The van der Waals surface area contributed by atoms with Crippen LogP contribution in [0.3, 0.4) is 0 Å². The van der Waals surface area contributed by atoms with Gasteiger partial charge in [0, 0.05) is 41.4 Å². The van der Waals surface area contributed by atoms with Crippen LogP contribution >= 0.6 is 0 Å². The molecule has 6 nitrogen and oxygen atoms in total. The van der Waals surface area contributed by atoms with E-state index in [2.05, 4.69) is 51.0 Å². The van der Waals surface area contributed by atoms with Crippen LogP contribution in [0.2, 0.25) is 0 Å². The molecule has 0 fully saturated rings. The van der Waals surface area contributed by atoms with Crippen molar-refractivity contribution in [3.63, 3.8) is 0 Å². The van der Waals surface area contributed by atoms with E-state index in [1.807, 2.05) is 61.7 Å². The summed E-state index contributed by atoms with van der Waals surface area (Å²) in [6.45, 7) is 3.85. The molecular weight excluding hydrogens is 448 g/mol. The van der Waals surface area contributed by atoms with Crippen LogP contribution in [0.15, 0.2) is 95.7 Å². The molecule has 1 atom stereocenters. The van der Waals surface area contributed by atoms with E-state index >= 15 is 0 Å². The van der Waals surface area contributed by atoms with Crippen molar-refractivity contribution in [3.05, 3.63) is 102 Å². The van der Waals surface area contributed by atoms with Crippen molar-refractivity contribution in [3.8, 4) is 0 Å². The van der Waals surface area contributed by atoms with Gasteiger partial charge in [-0.05, 0) is 49.2 Å². The van der Waals surface area contributed by atoms with Gasteiger partial charge < -0.3 is 14.6 Å². The number of aromatic nitrogens is 1. The van der Waals surface area contributed by atoms with Crippen molar-refractivity contribution in [2.45, 2.75) is 26.0 Å². The standard InChI is InChI=1S/C30H28N4O2/c1-21-27(30(36)34(31-21)24-10-3-2-4-11-24)17-23-18-33(29-14-8-6-12-26(23)29)20-25(35)19-32-16-15-22-9-5-7-13-28(22)32/h2-14,17-18,25,35H,15-16,19-20H2,1H3. The summed E-state index contributed by atoms with van der Waals surface area (Å²) in [6, 6.07) is 26.0. The van der Waals surface area contributed by atoms with Crippen molar-refractivity contribution in [2.75, 3.05) is 23.0 Å². The number of hydrogen-bond acceptors (Lipinski definition) is 4. The summed E-state index contributed by atoms with van der Waals surface area (Å²) in [7, 11) is 0. The van der Waals surface area contributed by atoms with Gasteiger partial charge in [0.05, 0.1) is 29.6 Å². The average molecular weight is 477 g/mol. The zero-order chi connectivity index (χ0) is 24.6. The van der Waals surface area contributed by atoms with Gasteiger partial charge in [-0.25, -0.2) is 0 Å². The maximum Gasteiger partial charge on any atom is 0.280 e. The van der Waals surface area contributed by atoms with Crippen LogP contribution in [0, 0.1) is 0 Å². The largest absolute Gasteiger partial charge is 0.389 e. The second-order valence-electron chi connectivity index (χ2n) is 9.43. The molecule has 2 aliphatic rings. The van der Waals surface area contributed by atoms with E-state index in [1.165, 1.54) is 16.3 Å². The van der Waals surface area contributed by atoms with Crippen LogP contribution in [0.4, 0.5) is 11.4 Å². The second-order valence-corrected chi connectivity index (χ2v) is 9.43. The van der Waals surface area contributed by atoms with E-state index in [9.17, 15) is 9.90 Å². The minimum atomic E-state index is -0.530. The average Bonchev–Trinajstić information content (AvgIpc) is 3.55. The molecule has 180 valence electrons. The highest BCUT2D eigenvalue weighted by molar-refractivity contribution is 6.32. The molecule has 0 saturated carbocycles. The van der Waals surface area contributed by atoms with Crippen LogP contribution in [-0.4, -0.2) is 40.5 Å². The molecule has 0 spiro atoms. The van der Waals surface area contributed by atoms with E-state index in [0.717, 1.165) is 35.1 Å². The maximum absolute atomic E-state index is 13.2. The fourth-order valence-corrected chi connectivity index (χ4v) is 5.26. The summed E-state index contributed by atoms with van der Waals surface area (Å²) < 4.78 is 2.09. The van der Waals surface area contributed by atoms with Crippen molar-refractivity contribution >= 4 is 40.0 Å². The smallest absolute Gasteiger partial charge is 0.280 e. The van der Waals surface area contributed by atoms with Gasteiger partial charge in [-0.1, -0.05) is 54.6 Å². The number of nitrogens with zero attached hydrogens (tertiary/aromatic N) is 4. The molecule has 1 unspecified atom stereocenters. The Labute approximate surface area is 210 Å². The van der Waals surface area contributed by atoms with Gasteiger partial charge in [0.25, 0.3) is 5.91 Å². The van der Waals surface area contributed by atoms with Gasteiger partial charge >= 0.3 is 0 Å². The number of para-hydroxylation sites is 3. The first-order chi connectivity index (χ1) is 17.6. The molecule has 6 heteroatoms. The lowest BCUT2D eigenvalue weighted by molar-refractivity contribution is -0.114. The molecular formula is C30H28N4O2. The van der Waals surface area contributed by atoms with Crippen LogP contribution in [-0.2, 0) is 17.8 Å². The summed E-state index contributed by atoms with van der Waals surface area (Å²) >= 11 is 0. The molecule has 36 heavy (non-hydrogen) atoms. The molecule has 4 aromatic rings. The Morgan fingerprint density at radius 1 is 0.972 bits per heavy atom. The predicted octanol–water partition coefficient (Wildman–Crippen LogP) is 4.87. The molecule has 3 aromatic carbocycles. The number of anilines is 2. The molecule has 6 rings (SSSR count). The van der Waals surface area contributed by atoms with Gasteiger partial charge in [0.1, 0.15) is 0 Å². The number of rotatable bonds is 6. The highest BCUT2D eigenvalue weighted by atomic mass is 16.3. The van der Waals surface area contributed by atoms with E-state index in [4.69, 9.17) is 0 Å². The normalized spacial score (nSPS) is 17.2. The molecule has 3 heterocycles. The van der Waals surface area contributed by atoms with Crippen LogP contribution in [0.5, 0.6) is 0 Å². The molecule has 1 amide bonds. The number of aliphatic hydroxyl groups excluding tert-OH is 1. The van der Waals surface area contributed by atoms with Crippen LogP contribution in [0.25, 0.3) is 17.0 Å². The summed E-state index contributed by atoms with van der Waals surface area (Å²) in [5.41, 5.74) is 6.55. The van der Waals surface area contributed by atoms with Gasteiger partial charge in [-0.2, -0.15) is 10.1 Å². The number of carbonyl (C=O) groups is 1. The van der Waals surface area contributed by atoms with Crippen molar-refractivity contribution in [1.29, 1.82) is 0 Å². The van der Waals surface area contributed by atoms with E-state index in [-0.39, 0.29) is 5.91 Å². The molecule has 0 saturated heterocycles. The van der Waals surface area contributed by atoms with Crippen molar-refractivity contribution in [2.24, 2.45) is 5.10 Å². The minimum absolute atomic E-state index is 0.136. The van der Waals surface area contributed by atoms with E-state index in [1.54, 1.807) is 0 Å². The first-order valence-corrected chi connectivity index (χ1v) is 12.3. The lowest BCUT2D eigenvalue weighted by atomic mass is 10.1. The first-order valence-electron chi connectivity index (χ1n) is 12.3. The zero-order valence-corrected chi connectivity index (χ0v) is 20.2. The van der Waals surface area contributed by atoms with Crippen molar-refractivity contribution in [1.82, 2.24) is 4.57 Å². The fraction of sp³-hybridized carbons (Fsp3) is 0.200. The molecule has 0 aliphatic carbocycles. The Hall–Kier alpha value is -4.16. The number of β-amino-alcohol motifs (C(OH)–C–C–N with tert-alkyl or cyclic N) is 1. The number of hydrogen-bond donors (Lipinski definition) is 1. The molecule has 0 bridgehead atoms. The third kappa shape index (κ3) is 3.99. The third-order valence-electron chi connectivity index (χ3n) is 7.00. The molecule has 2 aliphatic heterocycles. The number of aliphatic hydroxyl groups is 1. The highest BCUT2D eigenvalue weighted by Crippen LogP contribution is 2.30. The Kier molecular flexibility index (Phi) is 5.66. The summed E-state index contributed by atoms with van der Waals surface area (Å²) in [6.07, 6.45) is 4.44. The summed E-state index contributed by atoms with van der Waals surface area (Å²) in [5.74, 6) is -0.136. The minimum Gasteiger partial charge on any atom is -0.389 e. The molecule has 1 N–H and O–H groups in total. The van der Waals surface area contributed by atoms with Crippen molar-refractivity contribution < 1.29 is 9.90 Å². The number of fused-ring (bicyclic) bond motifs is 2. The Bertz CT molecular complexity index is 1500. The number of benzene rings is 3. The Morgan fingerprint density at radius 3 is 2.58 bits per heavy atom. The van der Waals surface area contributed by atoms with E-state index < -0.39 is 6.10 Å². The molecule has 0 radical (unpaired) electrons. The predicted molar refractivity (Wildman–Crippen MR) is 145 cm³/mol. The van der Waals surface area contributed by atoms with E-state index in [0.29, 0.717) is 24.4 Å². The Morgan fingerprint density at radius 2 is 1.72 bits per heavy atom. The summed E-state index contributed by atoms with van der Waals surface area (Å²) in [4.78, 5) is 15.5.